The fourth-order valence-electron chi connectivity index (χ4n) is 3.22. The lowest BCUT2D eigenvalue weighted by atomic mass is 10.1. The van der Waals surface area contributed by atoms with Crippen LogP contribution in [0.5, 0.6) is 0 Å². The fraction of sp³-hybridized carbons (Fsp3) is 0.300. The highest BCUT2D eigenvalue weighted by atomic mass is 16.5. The van der Waals surface area contributed by atoms with Gasteiger partial charge in [-0.2, -0.15) is 4.98 Å². The lowest BCUT2D eigenvalue weighted by molar-refractivity contribution is 0.0601. The van der Waals surface area contributed by atoms with Crippen LogP contribution in [0.25, 0.3) is 11.4 Å². The number of nitrogens with zero attached hydrogens (tertiary/aromatic N) is 5. The number of carbonyl (C=O) groups is 1. The molecule has 0 radical (unpaired) electrons. The molecule has 0 amide bonds. The van der Waals surface area contributed by atoms with Gasteiger partial charge in [0, 0.05) is 49.8 Å². The van der Waals surface area contributed by atoms with Crippen molar-refractivity contribution in [3.8, 4) is 11.4 Å². The van der Waals surface area contributed by atoms with Crippen molar-refractivity contribution in [2.75, 3.05) is 38.2 Å². The normalized spacial score (nSPS) is 14.8. The van der Waals surface area contributed by atoms with E-state index in [0.717, 1.165) is 31.7 Å². The third kappa shape index (κ3) is 4.01. The second-order valence-electron chi connectivity index (χ2n) is 6.55. The van der Waals surface area contributed by atoms with Crippen LogP contribution < -0.4 is 4.90 Å². The van der Waals surface area contributed by atoms with Gasteiger partial charge < -0.3 is 14.2 Å². The van der Waals surface area contributed by atoms with Crippen LogP contribution in [0.15, 0.2) is 53.3 Å². The topological polar surface area (TPSA) is 84.6 Å². The number of hydrogen-bond donors (Lipinski definition) is 0. The summed E-state index contributed by atoms with van der Waals surface area (Å²) in [6.07, 6.45) is 3.64. The first-order valence-electron chi connectivity index (χ1n) is 9.11. The van der Waals surface area contributed by atoms with Crippen LogP contribution in [-0.4, -0.2) is 59.3 Å². The Morgan fingerprint density at radius 3 is 2.46 bits per heavy atom. The van der Waals surface area contributed by atoms with E-state index in [2.05, 4.69) is 24.9 Å². The third-order valence-electron chi connectivity index (χ3n) is 4.79. The predicted molar refractivity (Wildman–Crippen MR) is 103 cm³/mol. The molecule has 8 heteroatoms. The molecule has 0 saturated carbocycles. The van der Waals surface area contributed by atoms with E-state index in [1.165, 1.54) is 12.8 Å². The molecule has 1 saturated heterocycles. The van der Waals surface area contributed by atoms with E-state index in [1.54, 1.807) is 24.3 Å². The van der Waals surface area contributed by atoms with Gasteiger partial charge >= 0.3 is 5.97 Å². The standard InChI is InChI=1S/C20H21N5O3/c1-27-20(26)16-4-2-15(3-5-16)19-22-18(28-23-19)14-24-10-12-25(13-11-24)17-6-8-21-9-7-17/h2-9H,10-14H2,1H3. The Kier molecular flexibility index (Phi) is 5.29. The van der Waals surface area contributed by atoms with Crippen LogP contribution in [-0.2, 0) is 11.3 Å². The van der Waals surface area contributed by atoms with Gasteiger partial charge in [0.05, 0.1) is 19.2 Å². The minimum absolute atomic E-state index is 0.369. The maximum atomic E-state index is 11.5. The van der Waals surface area contributed by atoms with Crippen LogP contribution in [0.4, 0.5) is 5.69 Å². The van der Waals surface area contributed by atoms with Crippen molar-refractivity contribution in [1.82, 2.24) is 20.0 Å². The van der Waals surface area contributed by atoms with Gasteiger partial charge in [-0.05, 0) is 24.3 Å². The van der Waals surface area contributed by atoms with E-state index >= 15 is 0 Å². The van der Waals surface area contributed by atoms with Crippen LogP contribution in [0.1, 0.15) is 16.2 Å². The zero-order chi connectivity index (χ0) is 19.3. The molecule has 0 unspecified atom stereocenters. The molecule has 0 N–H and O–H groups in total. The first-order valence-corrected chi connectivity index (χ1v) is 9.11. The third-order valence-corrected chi connectivity index (χ3v) is 4.79. The Morgan fingerprint density at radius 2 is 1.79 bits per heavy atom. The smallest absolute Gasteiger partial charge is 0.337 e. The van der Waals surface area contributed by atoms with Crippen molar-refractivity contribution in [3.63, 3.8) is 0 Å². The average Bonchev–Trinajstić information content (AvgIpc) is 3.23. The monoisotopic (exact) mass is 379 g/mol. The van der Waals surface area contributed by atoms with Gasteiger partial charge in [-0.3, -0.25) is 9.88 Å². The van der Waals surface area contributed by atoms with Crippen molar-refractivity contribution in [2.24, 2.45) is 0 Å². The summed E-state index contributed by atoms with van der Waals surface area (Å²) in [6.45, 7) is 4.36. The Labute approximate surface area is 162 Å². The van der Waals surface area contributed by atoms with Gasteiger partial charge in [-0.1, -0.05) is 17.3 Å². The second kappa shape index (κ2) is 8.18. The maximum absolute atomic E-state index is 11.5. The van der Waals surface area contributed by atoms with Gasteiger partial charge in [0.2, 0.25) is 11.7 Å². The van der Waals surface area contributed by atoms with Crippen molar-refractivity contribution in [3.05, 3.63) is 60.2 Å². The number of methoxy groups -OCH3 is 1. The quantitative estimate of drug-likeness (QED) is 0.624. The van der Waals surface area contributed by atoms with E-state index in [0.29, 0.717) is 23.8 Å². The molecular formula is C20H21N5O3. The molecule has 1 aromatic carbocycles. The molecule has 3 aromatic rings. The van der Waals surface area contributed by atoms with Crippen LogP contribution in [0.3, 0.4) is 0 Å². The number of hydrogen-bond acceptors (Lipinski definition) is 8. The van der Waals surface area contributed by atoms with Crippen LogP contribution in [0.2, 0.25) is 0 Å². The second-order valence-corrected chi connectivity index (χ2v) is 6.55. The number of aromatic nitrogens is 3. The summed E-state index contributed by atoms with van der Waals surface area (Å²) >= 11 is 0. The van der Waals surface area contributed by atoms with Crippen LogP contribution >= 0.6 is 0 Å². The highest BCUT2D eigenvalue weighted by Gasteiger charge is 2.20. The summed E-state index contributed by atoms with van der Waals surface area (Å²) in [5.41, 5.74) is 2.48. The zero-order valence-electron chi connectivity index (χ0n) is 15.6. The molecule has 8 nitrogen and oxygen atoms in total. The minimum Gasteiger partial charge on any atom is -0.465 e. The van der Waals surface area contributed by atoms with Gasteiger partial charge in [0.25, 0.3) is 0 Å². The number of carbonyl (C=O) groups excluding carboxylic acids is 1. The Bertz CT molecular complexity index is 919. The molecule has 0 atom stereocenters. The van der Waals surface area contributed by atoms with Crippen molar-refractivity contribution in [1.29, 1.82) is 0 Å². The largest absolute Gasteiger partial charge is 0.465 e. The molecule has 2 aromatic heterocycles. The number of benzene rings is 1. The molecule has 0 spiro atoms. The predicted octanol–water partition coefficient (Wildman–Crippen LogP) is 2.24. The highest BCUT2D eigenvalue weighted by molar-refractivity contribution is 5.89. The first-order chi connectivity index (χ1) is 13.7. The summed E-state index contributed by atoms with van der Waals surface area (Å²) in [5.74, 6) is 0.734. The molecule has 1 aliphatic rings. The van der Waals surface area contributed by atoms with Gasteiger partial charge in [-0.25, -0.2) is 4.79 Å². The Balaban J connectivity index is 1.35. The van der Waals surface area contributed by atoms with E-state index < -0.39 is 0 Å². The number of ether oxygens (including phenoxy) is 1. The van der Waals surface area contributed by atoms with Crippen molar-refractivity contribution >= 4 is 11.7 Å². The Hall–Kier alpha value is -3.26. The number of pyridine rings is 1. The van der Waals surface area contributed by atoms with Gasteiger partial charge in [0.1, 0.15) is 0 Å². The van der Waals surface area contributed by atoms with Crippen molar-refractivity contribution < 1.29 is 14.1 Å². The Morgan fingerprint density at radius 1 is 1.07 bits per heavy atom. The summed E-state index contributed by atoms with van der Waals surface area (Å²) < 4.78 is 10.1. The van der Waals surface area contributed by atoms with Crippen molar-refractivity contribution in [2.45, 2.75) is 6.54 Å². The van der Waals surface area contributed by atoms with Gasteiger partial charge in [0.15, 0.2) is 0 Å². The summed E-state index contributed by atoms with van der Waals surface area (Å²) in [7, 11) is 1.36. The maximum Gasteiger partial charge on any atom is 0.337 e. The van der Waals surface area contributed by atoms with E-state index in [4.69, 9.17) is 9.26 Å². The molecule has 0 bridgehead atoms. The molecule has 4 rings (SSSR count). The number of anilines is 1. The highest BCUT2D eigenvalue weighted by Crippen LogP contribution is 2.19. The summed E-state index contributed by atoms with van der Waals surface area (Å²) in [4.78, 5) is 24.7. The van der Waals surface area contributed by atoms with Crippen LogP contribution in [0, 0.1) is 0 Å². The summed E-state index contributed by atoms with van der Waals surface area (Å²) in [5, 5.41) is 4.06. The zero-order valence-corrected chi connectivity index (χ0v) is 15.6. The SMILES string of the molecule is COC(=O)c1ccc(-c2noc(CN3CCN(c4ccncc4)CC3)n2)cc1. The summed E-state index contributed by atoms with van der Waals surface area (Å²) in [6, 6.07) is 11.0. The van der Waals surface area contributed by atoms with E-state index in [1.807, 2.05) is 24.5 Å². The molecule has 1 aliphatic heterocycles. The molecule has 0 aliphatic carbocycles. The molecule has 28 heavy (non-hydrogen) atoms. The molecule has 3 heterocycles. The molecule has 144 valence electrons. The number of esters is 1. The van der Waals surface area contributed by atoms with Gasteiger partial charge in [-0.15, -0.1) is 0 Å². The molecular weight excluding hydrogens is 358 g/mol. The van der Waals surface area contributed by atoms with E-state index in [-0.39, 0.29) is 5.97 Å². The number of piperazine rings is 1. The average molecular weight is 379 g/mol. The molecule has 1 fully saturated rings. The lowest BCUT2D eigenvalue weighted by Crippen LogP contribution is -2.46. The lowest BCUT2D eigenvalue weighted by Gasteiger charge is -2.35. The fourth-order valence-corrected chi connectivity index (χ4v) is 3.22. The van der Waals surface area contributed by atoms with E-state index in [9.17, 15) is 4.79 Å². The number of rotatable bonds is 5. The first kappa shape index (κ1) is 18.1. The minimum atomic E-state index is -0.369.